The number of thiazole rings is 1. The fourth-order valence-corrected chi connectivity index (χ4v) is 2.21. The standard InChI is InChI=1S/C8H9N5S/c1-2-11-13(10-1)7-5-12(6-7)8-9-3-4-14-8/h1-4,7H,5-6H2. The first kappa shape index (κ1) is 7.93. The minimum Gasteiger partial charge on any atom is -0.344 e. The van der Waals surface area contributed by atoms with Crippen LogP contribution in [-0.4, -0.2) is 33.1 Å². The molecule has 72 valence electrons. The van der Waals surface area contributed by atoms with Gasteiger partial charge in [-0.3, -0.25) is 0 Å². The van der Waals surface area contributed by atoms with Crippen LogP contribution >= 0.6 is 11.3 Å². The minimum absolute atomic E-state index is 0.411. The maximum Gasteiger partial charge on any atom is 0.185 e. The van der Waals surface area contributed by atoms with Crippen LogP contribution in [0.3, 0.4) is 0 Å². The molecule has 1 fully saturated rings. The van der Waals surface area contributed by atoms with Gasteiger partial charge in [0, 0.05) is 24.7 Å². The Morgan fingerprint density at radius 2 is 2.00 bits per heavy atom. The Bertz CT molecular complexity index is 351. The van der Waals surface area contributed by atoms with Crippen LogP contribution in [0.5, 0.6) is 0 Å². The maximum absolute atomic E-state index is 4.25. The van der Waals surface area contributed by atoms with Crippen molar-refractivity contribution in [2.24, 2.45) is 0 Å². The molecule has 0 aliphatic carbocycles. The number of aromatic nitrogens is 4. The van der Waals surface area contributed by atoms with Gasteiger partial charge in [-0.15, -0.1) is 11.3 Å². The van der Waals surface area contributed by atoms with Crippen molar-refractivity contribution in [2.75, 3.05) is 18.0 Å². The maximum atomic E-state index is 4.25. The van der Waals surface area contributed by atoms with E-state index in [1.165, 1.54) is 0 Å². The van der Waals surface area contributed by atoms with Crippen LogP contribution in [0.1, 0.15) is 6.04 Å². The molecule has 3 heterocycles. The molecule has 2 aromatic rings. The van der Waals surface area contributed by atoms with Crippen molar-refractivity contribution in [3.63, 3.8) is 0 Å². The molecule has 0 bridgehead atoms. The predicted octanol–water partition coefficient (Wildman–Crippen LogP) is 0.796. The Hall–Kier alpha value is -1.43. The topological polar surface area (TPSA) is 46.8 Å². The summed E-state index contributed by atoms with van der Waals surface area (Å²) in [5.74, 6) is 0. The SMILES string of the molecule is c1csc(N2CC(n3nccn3)C2)n1. The van der Waals surface area contributed by atoms with Crippen LogP contribution in [0.25, 0.3) is 0 Å². The van der Waals surface area contributed by atoms with Crippen LogP contribution in [0, 0.1) is 0 Å². The van der Waals surface area contributed by atoms with E-state index < -0.39 is 0 Å². The van der Waals surface area contributed by atoms with E-state index in [-0.39, 0.29) is 0 Å². The van der Waals surface area contributed by atoms with E-state index in [1.807, 2.05) is 11.6 Å². The van der Waals surface area contributed by atoms with Gasteiger partial charge in [0.1, 0.15) is 6.04 Å². The molecule has 0 atom stereocenters. The number of hydrogen-bond acceptors (Lipinski definition) is 5. The lowest BCUT2D eigenvalue weighted by atomic mass is 10.1. The number of hydrogen-bond donors (Lipinski definition) is 0. The molecule has 0 aromatic carbocycles. The van der Waals surface area contributed by atoms with Crippen molar-refractivity contribution in [3.05, 3.63) is 24.0 Å². The molecule has 2 aromatic heterocycles. The van der Waals surface area contributed by atoms with Crippen LogP contribution in [0.15, 0.2) is 24.0 Å². The van der Waals surface area contributed by atoms with Gasteiger partial charge in [-0.05, 0) is 0 Å². The molecule has 6 heteroatoms. The molecule has 3 rings (SSSR count). The lowest BCUT2D eigenvalue weighted by molar-refractivity contribution is 0.332. The zero-order valence-corrected chi connectivity index (χ0v) is 8.26. The highest BCUT2D eigenvalue weighted by molar-refractivity contribution is 7.13. The molecule has 0 saturated carbocycles. The van der Waals surface area contributed by atoms with Gasteiger partial charge in [0.05, 0.1) is 12.4 Å². The highest BCUT2D eigenvalue weighted by Gasteiger charge is 2.30. The third-order valence-electron chi connectivity index (χ3n) is 2.32. The van der Waals surface area contributed by atoms with Crippen molar-refractivity contribution in [2.45, 2.75) is 6.04 Å². The normalized spacial score (nSPS) is 17.0. The van der Waals surface area contributed by atoms with E-state index in [2.05, 4.69) is 20.1 Å². The third kappa shape index (κ3) is 1.19. The summed E-state index contributed by atoms with van der Waals surface area (Å²) in [6, 6.07) is 0.411. The van der Waals surface area contributed by atoms with Crippen molar-refractivity contribution >= 4 is 16.5 Å². The second-order valence-electron chi connectivity index (χ2n) is 3.22. The average Bonchev–Trinajstić information content (AvgIpc) is 2.71. The van der Waals surface area contributed by atoms with E-state index in [0.717, 1.165) is 18.2 Å². The Kier molecular flexibility index (Phi) is 1.73. The molecule has 0 amide bonds. The molecule has 5 nitrogen and oxygen atoms in total. The molecule has 14 heavy (non-hydrogen) atoms. The molecule has 0 radical (unpaired) electrons. The second kappa shape index (κ2) is 3.06. The Balaban J connectivity index is 1.67. The van der Waals surface area contributed by atoms with Gasteiger partial charge in [0.25, 0.3) is 0 Å². The summed E-state index contributed by atoms with van der Waals surface area (Å²) < 4.78 is 0. The molecule has 0 unspecified atom stereocenters. The fraction of sp³-hybridized carbons (Fsp3) is 0.375. The van der Waals surface area contributed by atoms with Crippen molar-refractivity contribution in [1.29, 1.82) is 0 Å². The number of nitrogens with zero attached hydrogens (tertiary/aromatic N) is 5. The summed E-state index contributed by atoms with van der Waals surface area (Å²) in [5.41, 5.74) is 0. The summed E-state index contributed by atoms with van der Waals surface area (Å²) in [5, 5.41) is 11.3. The summed E-state index contributed by atoms with van der Waals surface area (Å²) in [7, 11) is 0. The van der Waals surface area contributed by atoms with E-state index >= 15 is 0 Å². The van der Waals surface area contributed by atoms with Gasteiger partial charge < -0.3 is 4.90 Å². The molecular formula is C8H9N5S. The smallest absolute Gasteiger partial charge is 0.185 e. The predicted molar refractivity (Wildman–Crippen MR) is 53.4 cm³/mol. The second-order valence-corrected chi connectivity index (χ2v) is 4.10. The van der Waals surface area contributed by atoms with Gasteiger partial charge in [-0.25, -0.2) is 4.98 Å². The van der Waals surface area contributed by atoms with Crippen molar-refractivity contribution < 1.29 is 0 Å². The van der Waals surface area contributed by atoms with Gasteiger partial charge in [0.15, 0.2) is 5.13 Å². The molecule has 1 saturated heterocycles. The Morgan fingerprint density at radius 1 is 1.21 bits per heavy atom. The van der Waals surface area contributed by atoms with E-state index in [9.17, 15) is 0 Å². The fourth-order valence-electron chi connectivity index (χ4n) is 1.54. The Morgan fingerprint density at radius 3 is 2.64 bits per heavy atom. The zero-order chi connectivity index (χ0) is 9.38. The monoisotopic (exact) mass is 207 g/mol. The van der Waals surface area contributed by atoms with Gasteiger partial charge in [-0.1, -0.05) is 0 Å². The van der Waals surface area contributed by atoms with Crippen LogP contribution < -0.4 is 4.90 Å². The molecular weight excluding hydrogens is 198 g/mol. The van der Waals surface area contributed by atoms with Crippen LogP contribution in [0.4, 0.5) is 5.13 Å². The van der Waals surface area contributed by atoms with E-state index in [4.69, 9.17) is 0 Å². The zero-order valence-electron chi connectivity index (χ0n) is 7.45. The summed E-state index contributed by atoms with van der Waals surface area (Å²) in [6.45, 7) is 1.92. The minimum atomic E-state index is 0.411. The molecule has 1 aliphatic heterocycles. The van der Waals surface area contributed by atoms with Gasteiger partial charge in [-0.2, -0.15) is 15.0 Å². The van der Waals surface area contributed by atoms with Crippen molar-refractivity contribution in [1.82, 2.24) is 20.0 Å². The first-order valence-electron chi connectivity index (χ1n) is 4.44. The van der Waals surface area contributed by atoms with Gasteiger partial charge >= 0.3 is 0 Å². The summed E-state index contributed by atoms with van der Waals surface area (Å²) in [4.78, 5) is 8.25. The highest BCUT2D eigenvalue weighted by atomic mass is 32.1. The van der Waals surface area contributed by atoms with Gasteiger partial charge in [0.2, 0.25) is 0 Å². The molecule has 0 N–H and O–H groups in total. The lowest BCUT2D eigenvalue weighted by Gasteiger charge is -2.37. The summed E-state index contributed by atoms with van der Waals surface area (Å²) >= 11 is 1.67. The largest absolute Gasteiger partial charge is 0.344 e. The van der Waals surface area contributed by atoms with E-state index in [0.29, 0.717) is 6.04 Å². The number of anilines is 1. The first-order chi connectivity index (χ1) is 6.93. The van der Waals surface area contributed by atoms with Crippen LogP contribution in [-0.2, 0) is 0 Å². The van der Waals surface area contributed by atoms with E-state index in [1.54, 1.807) is 28.5 Å². The molecule has 0 spiro atoms. The lowest BCUT2D eigenvalue weighted by Crippen LogP contribution is -2.48. The third-order valence-corrected chi connectivity index (χ3v) is 3.15. The highest BCUT2D eigenvalue weighted by Crippen LogP contribution is 2.27. The number of rotatable bonds is 2. The quantitative estimate of drug-likeness (QED) is 0.730. The molecule has 1 aliphatic rings. The average molecular weight is 207 g/mol. The van der Waals surface area contributed by atoms with Crippen LogP contribution in [0.2, 0.25) is 0 Å². The first-order valence-corrected chi connectivity index (χ1v) is 5.32. The summed E-state index contributed by atoms with van der Waals surface area (Å²) in [6.07, 6.45) is 5.26. The Labute approximate surface area is 85.0 Å². The van der Waals surface area contributed by atoms with Crippen molar-refractivity contribution in [3.8, 4) is 0 Å².